The Morgan fingerprint density at radius 1 is 1.17 bits per heavy atom. The van der Waals surface area contributed by atoms with Gasteiger partial charge in [0, 0.05) is 33.3 Å². The van der Waals surface area contributed by atoms with Gasteiger partial charge in [-0.2, -0.15) is 0 Å². The van der Waals surface area contributed by atoms with Crippen LogP contribution in [0.3, 0.4) is 0 Å². The largest absolute Gasteiger partial charge is 0.380 e. The van der Waals surface area contributed by atoms with Crippen molar-refractivity contribution in [2.75, 3.05) is 40.9 Å². The van der Waals surface area contributed by atoms with Crippen molar-refractivity contribution in [3.8, 4) is 0 Å². The van der Waals surface area contributed by atoms with Crippen molar-refractivity contribution in [1.82, 2.24) is 15.5 Å². The quantitative estimate of drug-likeness (QED) is 0.392. The first kappa shape index (κ1) is 20.5. The van der Waals surface area contributed by atoms with Crippen LogP contribution in [0.4, 0.5) is 0 Å². The molecule has 0 unspecified atom stereocenters. The molecule has 1 rings (SSSR count). The van der Waals surface area contributed by atoms with Gasteiger partial charge in [-0.25, -0.2) is 0 Å². The molecule has 0 aliphatic carbocycles. The van der Waals surface area contributed by atoms with Crippen LogP contribution < -0.4 is 10.6 Å². The van der Waals surface area contributed by atoms with E-state index in [4.69, 9.17) is 4.74 Å². The average Bonchev–Trinajstić information content (AvgIpc) is 2.53. The number of nitrogens with zero attached hydrogens (tertiary/aromatic N) is 2. The summed E-state index contributed by atoms with van der Waals surface area (Å²) in [5, 5.41) is 6.63. The van der Waals surface area contributed by atoms with Gasteiger partial charge in [0.1, 0.15) is 0 Å². The molecule has 5 nitrogen and oxygen atoms in total. The van der Waals surface area contributed by atoms with Crippen LogP contribution in [-0.4, -0.2) is 51.8 Å². The fourth-order valence-electron chi connectivity index (χ4n) is 2.27. The Morgan fingerprint density at radius 3 is 2.58 bits per heavy atom. The van der Waals surface area contributed by atoms with Crippen LogP contribution in [0.5, 0.6) is 0 Å². The SMILES string of the molecule is CN=C(NCCOCCC(C)C)NCc1cccc(CN(C)C)c1. The summed E-state index contributed by atoms with van der Waals surface area (Å²) in [5.41, 5.74) is 2.58. The Morgan fingerprint density at radius 2 is 1.92 bits per heavy atom. The minimum Gasteiger partial charge on any atom is -0.380 e. The number of hydrogen-bond donors (Lipinski definition) is 2. The van der Waals surface area contributed by atoms with Gasteiger partial charge in [0.05, 0.1) is 6.61 Å². The summed E-state index contributed by atoms with van der Waals surface area (Å²) in [6.07, 6.45) is 1.11. The maximum atomic E-state index is 5.60. The Bertz CT molecular complexity index is 486. The first-order valence-corrected chi connectivity index (χ1v) is 8.76. The van der Waals surface area contributed by atoms with Gasteiger partial charge in [0.25, 0.3) is 0 Å². The molecule has 0 fully saturated rings. The second-order valence-electron chi connectivity index (χ2n) is 6.71. The smallest absolute Gasteiger partial charge is 0.191 e. The second kappa shape index (κ2) is 11.9. The van der Waals surface area contributed by atoms with E-state index in [1.807, 2.05) is 0 Å². The molecule has 1 aromatic rings. The molecule has 0 aliphatic heterocycles. The van der Waals surface area contributed by atoms with E-state index in [-0.39, 0.29) is 0 Å². The monoisotopic (exact) mass is 334 g/mol. The third kappa shape index (κ3) is 9.53. The molecule has 0 amide bonds. The van der Waals surface area contributed by atoms with Gasteiger partial charge in [0.2, 0.25) is 0 Å². The maximum absolute atomic E-state index is 5.60. The van der Waals surface area contributed by atoms with E-state index >= 15 is 0 Å². The molecule has 5 heteroatoms. The number of benzene rings is 1. The molecule has 0 saturated heterocycles. The maximum Gasteiger partial charge on any atom is 0.191 e. The van der Waals surface area contributed by atoms with Gasteiger partial charge < -0.3 is 20.3 Å². The van der Waals surface area contributed by atoms with E-state index in [0.29, 0.717) is 12.5 Å². The number of aliphatic imine (C=N–C) groups is 1. The van der Waals surface area contributed by atoms with Crippen LogP contribution in [0.2, 0.25) is 0 Å². The van der Waals surface area contributed by atoms with Crippen LogP contribution in [0.1, 0.15) is 31.4 Å². The molecular weight excluding hydrogens is 300 g/mol. The molecule has 0 radical (unpaired) electrons. The van der Waals surface area contributed by atoms with Crippen molar-refractivity contribution in [2.24, 2.45) is 10.9 Å². The predicted molar refractivity (Wildman–Crippen MR) is 102 cm³/mol. The Kier molecular flexibility index (Phi) is 10.1. The molecule has 0 atom stereocenters. The van der Waals surface area contributed by atoms with Gasteiger partial charge in [-0.05, 0) is 37.6 Å². The summed E-state index contributed by atoms with van der Waals surface area (Å²) in [6, 6.07) is 8.63. The summed E-state index contributed by atoms with van der Waals surface area (Å²) in [4.78, 5) is 6.42. The van der Waals surface area contributed by atoms with E-state index < -0.39 is 0 Å². The van der Waals surface area contributed by atoms with Crippen LogP contribution in [0.25, 0.3) is 0 Å². The van der Waals surface area contributed by atoms with Gasteiger partial charge in [-0.15, -0.1) is 0 Å². The summed E-state index contributed by atoms with van der Waals surface area (Å²) >= 11 is 0. The number of hydrogen-bond acceptors (Lipinski definition) is 3. The number of rotatable bonds is 10. The third-order valence-electron chi connectivity index (χ3n) is 3.55. The fraction of sp³-hybridized carbons (Fsp3) is 0.632. The van der Waals surface area contributed by atoms with Gasteiger partial charge >= 0.3 is 0 Å². The molecule has 0 bridgehead atoms. The average molecular weight is 335 g/mol. The molecular formula is C19H34N4O. The van der Waals surface area contributed by atoms with Gasteiger partial charge in [-0.1, -0.05) is 38.1 Å². The van der Waals surface area contributed by atoms with Crippen LogP contribution in [0, 0.1) is 5.92 Å². The molecule has 0 heterocycles. The summed E-state index contributed by atoms with van der Waals surface area (Å²) in [5.74, 6) is 1.50. The standard InChI is InChI=1S/C19H34N4O/c1-16(2)9-11-24-12-10-21-19(20-3)22-14-17-7-6-8-18(13-17)15-23(4)5/h6-8,13,16H,9-12,14-15H2,1-5H3,(H2,20,21,22). The highest BCUT2D eigenvalue weighted by Crippen LogP contribution is 2.06. The molecule has 0 aromatic heterocycles. The van der Waals surface area contributed by atoms with Crippen LogP contribution in [-0.2, 0) is 17.8 Å². The minimum atomic E-state index is 0.690. The van der Waals surface area contributed by atoms with Crippen molar-refractivity contribution in [3.63, 3.8) is 0 Å². The summed E-state index contributed by atoms with van der Waals surface area (Å²) < 4.78 is 5.60. The van der Waals surface area contributed by atoms with Crippen molar-refractivity contribution in [1.29, 1.82) is 0 Å². The van der Waals surface area contributed by atoms with Crippen LogP contribution >= 0.6 is 0 Å². The zero-order valence-corrected chi connectivity index (χ0v) is 15.9. The Labute approximate surface area is 147 Å². The zero-order chi connectivity index (χ0) is 17.8. The summed E-state index contributed by atoms with van der Waals surface area (Å²) in [6.45, 7) is 8.42. The Balaban J connectivity index is 2.29. The van der Waals surface area contributed by atoms with E-state index in [1.54, 1.807) is 7.05 Å². The lowest BCUT2D eigenvalue weighted by Gasteiger charge is -2.14. The van der Waals surface area contributed by atoms with Gasteiger partial charge in [-0.3, -0.25) is 4.99 Å². The number of ether oxygens (including phenoxy) is 1. The topological polar surface area (TPSA) is 48.9 Å². The van der Waals surface area contributed by atoms with Crippen molar-refractivity contribution < 1.29 is 4.74 Å². The lowest BCUT2D eigenvalue weighted by Crippen LogP contribution is -2.38. The van der Waals surface area contributed by atoms with E-state index in [1.165, 1.54) is 11.1 Å². The third-order valence-corrected chi connectivity index (χ3v) is 3.55. The molecule has 0 saturated carbocycles. The first-order chi connectivity index (χ1) is 11.5. The van der Waals surface area contributed by atoms with Crippen molar-refractivity contribution >= 4 is 5.96 Å². The lowest BCUT2D eigenvalue weighted by molar-refractivity contribution is 0.128. The highest BCUT2D eigenvalue weighted by molar-refractivity contribution is 5.79. The number of nitrogens with one attached hydrogen (secondary N) is 2. The fourth-order valence-corrected chi connectivity index (χ4v) is 2.27. The lowest BCUT2D eigenvalue weighted by atomic mass is 10.1. The van der Waals surface area contributed by atoms with Gasteiger partial charge in [0.15, 0.2) is 5.96 Å². The van der Waals surface area contributed by atoms with Crippen molar-refractivity contribution in [3.05, 3.63) is 35.4 Å². The number of guanidine groups is 1. The second-order valence-corrected chi connectivity index (χ2v) is 6.71. The first-order valence-electron chi connectivity index (χ1n) is 8.76. The normalized spacial score (nSPS) is 12.0. The highest BCUT2D eigenvalue weighted by atomic mass is 16.5. The molecule has 1 aromatic carbocycles. The molecule has 2 N–H and O–H groups in total. The zero-order valence-electron chi connectivity index (χ0n) is 15.9. The van der Waals surface area contributed by atoms with E-state index in [9.17, 15) is 0 Å². The molecule has 24 heavy (non-hydrogen) atoms. The highest BCUT2D eigenvalue weighted by Gasteiger charge is 2.01. The van der Waals surface area contributed by atoms with Crippen LogP contribution in [0.15, 0.2) is 29.3 Å². The molecule has 136 valence electrons. The van der Waals surface area contributed by atoms with Crippen molar-refractivity contribution in [2.45, 2.75) is 33.4 Å². The van der Waals surface area contributed by atoms with E-state index in [0.717, 1.165) is 38.6 Å². The molecule has 0 spiro atoms. The predicted octanol–water partition coefficient (Wildman–Crippen LogP) is 2.48. The Hall–Kier alpha value is -1.59. The minimum absolute atomic E-state index is 0.690. The molecule has 0 aliphatic rings. The summed E-state index contributed by atoms with van der Waals surface area (Å²) in [7, 11) is 5.96. The van der Waals surface area contributed by atoms with E-state index in [2.05, 4.69) is 72.7 Å².